The maximum atomic E-state index is 12.4. The van der Waals surface area contributed by atoms with E-state index in [0.717, 1.165) is 19.3 Å². The quantitative estimate of drug-likeness (QED) is 0.0227. The van der Waals surface area contributed by atoms with Crippen molar-refractivity contribution in [1.82, 2.24) is 5.32 Å². The van der Waals surface area contributed by atoms with Crippen molar-refractivity contribution in [2.75, 3.05) is 73.3 Å². The Labute approximate surface area is 405 Å². The van der Waals surface area contributed by atoms with Crippen LogP contribution in [-0.4, -0.2) is 149 Å². The summed E-state index contributed by atoms with van der Waals surface area (Å²) in [5, 5.41) is 13.7. The van der Waals surface area contributed by atoms with Crippen molar-refractivity contribution in [2.45, 2.75) is 126 Å². The van der Waals surface area contributed by atoms with E-state index < -0.39 is 35.0 Å². The van der Waals surface area contributed by atoms with E-state index in [1.165, 1.54) is 24.3 Å². The van der Waals surface area contributed by atoms with Crippen LogP contribution in [0.1, 0.15) is 67.2 Å². The fraction of sp³-hybridized carbons (Fsp3) is 0.745. The molecule has 6 aliphatic rings. The smallest absolute Gasteiger partial charge is 0.443 e. The number of alkyl carbamates (subject to hydrolysis) is 1. The summed E-state index contributed by atoms with van der Waals surface area (Å²) >= 11 is 9.53. The highest BCUT2D eigenvalue weighted by Gasteiger charge is 2.73. The molecule has 2 spiro atoms. The highest BCUT2D eigenvalue weighted by molar-refractivity contribution is 6.40. The van der Waals surface area contributed by atoms with E-state index >= 15 is 0 Å². The molecular weight excluding hydrogens is 917 g/mol. The number of nitro benzene ring substituents is 1. The molecule has 0 bridgehead atoms. The standard InChI is InChI=1S/C23H29NO8.C20H33NO6.C3H9NO.CH2Cl2/c1-14(2)5-10-18-22(3,32-18)20-19(28-4)17(11-12-23(20)13-29-23)31-21(25)30-16-8-6-15(7-9-16)24(26)27;1-13(2)6-7-15-19(3,27-15)17-16(24-5)14(8-9-20(17)12-25-20)26-18(22)21-10-11-23-4;1-5-3-2-4;2-1-3/h5-10,14,17-20H,11-13H2,1-4H3;6-7,13-17H,8-12H2,1-5H3,(H,21,22);2-4H2,1H3;1H2/b10-5+;7-6+;;/t17-,18-,19-,20?,22+,23+;14-,15-,16-,17?,19+,20+;;/m11../s1. The zero-order valence-corrected chi connectivity index (χ0v) is 42.1. The van der Waals surface area contributed by atoms with Crippen LogP contribution in [0.2, 0.25) is 0 Å². The molecule has 12 atom stereocenters. The molecule has 2 aliphatic carbocycles. The summed E-state index contributed by atoms with van der Waals surface area (Å²) in [6, 6.07) is 5.24. The SMILES string of the molecule is COCCN.COCCNC(=O)O[C@@H]1CC[C@]2(CO2)C([C@@]2(C)O[C@@H]2/C=C/C(C)C)[C@@H]1OC.CO[C@H]1C([C@@]2(C)O[C@@H]2/C=C/C(C)C)[C@]2(CC[C@H]1OC(=O)Oc1ccc([N+](=O)[O-])cc1)CO2.ClCCl. The number of carbonyl (C=O) groups excluding carboxylic acids is 2. The van der Waals surface area contributed by atoms with Crippen LogP contribution in [0.4, 0.5) is 15.3 Å². The van der Waals surface area contributed by atoms with E-state index in [1.807, 2.05) is 0 Å². The highest BCUT2D eigenvalue weighted by atomic mass is 35.5. The Bertz CT molecular complexity index is 1780. The number of benzene rings is 1. The minimum Gasteiger partial charge on any atom is -0.443 e. The fourth-order valence-electron chi connectivity index (χ4n) is 9.32. The number of nitrogens with two attached hydrogens (primary N) is 1. The van der Waals surface area contributed by atoms with Crippen molar-refractivity contribution in [1.29, 1.82) is 0 Å². The van der Waals surface area contributed by atoms with Crippen molar-refractivity contribution in [3.8, 4) is 5.75 Å². The van der Waals surface area contributed by atoms with Crippen molar-refractivity contribution < 1.29 is 66.6 Å². The molecule has 0 aromatic heterocycles. The molecule has 6 fully saturated rings. The summed E-state index contributed by atoms with van der Waals surface area (Å²) in [5.41, 5.74) is 3.55. The molecule has 4 aliphatic heterocycles. The van der Waals surface area contributed by atoms with Crippen molar-refractivity contribution in [3.63, 3.8) is 0 Å². The molecular formula is C47H73Cl2N3O15. The van der Waals surface area contributed by atoms with Gasteiger partial charge in [-0.15, -0.1) is 23.2 Å². The number of nitrogens with zero attached hydrogens (tertiary/aromatic N) is 1. The number of hydrogen-bond acceptors (Lipinski definition) is 16. The Morgan fingerprint density at radius 3 is 1.63 bits per heavy atom. The van der Waals surface area contributed by atoms with Crippen molar-refractivity contribution >= 4 is 41.1 Å². The van der Waals surface area contributed by atoms with Gasteiger partial charge >= 0.3 is 12.2 Å². The number of carbonyl (C=O) groups is 2. The normalized spacial score (nSPS) is 34.3. The maximum absolute atomic E-state index is 12.4. The summed E-state index contributed by atoms with van der Waals surface area (Å²) in [7, 11) is 6.49. The van der Waals surface area contributed by atoms with E-state index in [2.05, 4.69) is 75.9 Å². The number of epoxide rings is 4. The largest absolute Gasteiger partial charge is 0.514 e. The van der Waals surface area contributed by atoms with Gasteiger partial charge in [-0.1, -0.05) is 52.0 Å². The Hall–Kier alpha value is -3.14. The Kier molecular flexibility index (Phi) is 21.6. The minimum absolute atomic E-state index is 0.0161. The first-order valence-electron chi connectivity index (χ1n) is 22.8. The van der Waals surface area contributed by atoms with Crippen LogP contribution in [0.5, 0.6) is 5.75 Å². The lowest BCUT2D eigenvalue weighted by molar-refractivity contribution is -0.384. The number of methoxy groups -OCH3 is 4. The van der Waals surface area contributed by atoms with E-state index in [1.54, 1.807) is 28.4 Å². The number of nitrogens with one attached hydrogen (secondary N) is 1. The first-order valence-corrected chi connectivity index (χ1v) is 23.9. The lowest BCUT2D eigenvalue weighted by Crippen LogP contribution is -2.56. The van der Waals surface area contributed by atoms with Gasteiger partial charge in [0.25, 0.3) is 5.69 Å². The maximum Gasteiger partial charge on any atom is 0.514 e. The Morgan fingerprint density at radius 1 is 0.821 bits per heavy atom. The number of allylic oxidation sites excluding steroid dienone is 2. The van der Waals surface area contributed by atoms with Crippen LogP contribution in [0.15, 0.2) is 48.6 Å². The number of hydrogen-bond donors (Lipinski definition) is 2. The molecule has 67 heavy (non-hydrogen) atoms. The molecule has 2 saturated carbocycles. The molecule has 20 heteroatoms. The first kappa shape index (κ1) is 56.4. The lowest BCUT2D eigenvalue weighted by Gasteiger charge is -2.42. The van der Waals surface area contributed by atoms with Crippen LogP contribution in [0, 0.1) is 33.8 Å². The number of halogens is 2. The molecule has 1 aromatic carbocycles. The van der Waals surface area contributed by atoms with Crippen LogP contribution in [0.25, 0.3) is 0 Å². The van der Waals surface area contributed by atoms with E-state index in [0.29, 0.717) is 57.8 Å². The van der Waals surface area contributed by atoms with Gasteiger partial charge in [-0.05, 0) is 63.5 Å². The third-order valence-corrected chi connectivity index (χ3v) is 12.8. The molecule has 18 nitrogen and oxygen atoms in total. The number of ether oxygens (including phenoxy) is 11. The summed E-state index contributed by atoms with van der Waals surface area (Å²) in [6.45, 7) is 16.2. The first-order chi connectivity index (χ1) is 31.9. The van der Waals surface area contributed by atoms with Gasteiger partial charge < -0.3 is 63.2 Å². The number of alkyl halides is 2. The average molecular weight is 991 g/mol. The number of rotatable bonds is 17. The number of amides is 1. The van der Waals surface area contributed by atoms with Gasteiger partial charge in [0.15, 0.2) is 0 Å². The Morgan fingerprint density at radius 2 is 1.27 bits per heavy atom. The van der Waals surface area contributed by atoms with Gasteiger partial charge in [-0.2, -0.15) is 0 Å². The molecule has 7 rings (SSSR count). The second-order valence-corrected chi connectivity index (χ2v) is 19.2. The van der Waals surface area contributed by atoms with Crippen molar-refractivity contribution in [2.24, 2.45) is 29.4 Å². The molecule has 1 aromatic rings. The van der Waals surface area contributed by atoms with Gasteiger partial charge in [0.1, 0.15) is 64.8 Å². The van der Waals surface area contributed by atoms with Gasteiger partial charge in [0.05, 0.1) is 48.5 Å². The molecule has 1 amide bonds. The van der Waals surface area contributed by atoms with Gasteiger partial charge in [0.2, 0.25) is 0 Å². The monoisotopic (exact) mass is 989 g/mol. The third kappa shape index (κ3) is 15.2. The topological polar surface area (TPSA) is 230 Å². The van der Waals surface area contributed by atoms with E-state index in [9.17, 15) is 19.7 Å². The van der Waals surface area contributed by atoms with E-state index in [-0.39, 0.29) is 69.8 Å². The zero-order chi connectivity index (χ0) is 49.6. The summed E-state index contributed by atoms with van der Waals surface area (Å²) in [4.78, 5) is 34.8. The zero-order valence-electron chi connectivity index (χ0n) is 40.6. The second-order valence-electron chi connectivity index (χ2n) is 18.3. The predicted molar refractivity (Wildman–Crippen MR) is 251 cm³/mol. The van der Waals surface area contributed by atoms with Crippen LogP contribution in [0.3, 0.4) is 0 Å². The Balaban J connectivity index is 0.000000255. The fourth-order valence-corrected chi connectivity index (χ4v) is 9.32. The van der Waals surface area contributed by atoms with Crippen molar-refractivity contribution in [3.05, 3.63) is 58.7 Å². The number of nitro groups is 1. The molecule has 380 valence electrons. The highest BCUT2D eigenvalue weighted by Crippen LogP contribution is 2.60. The van der Waals surface area contributed by atoms with Crippen LogP contribution in [-0.2, 0) is 47.4 Å². The van der Waals surface area contributed by atoms with Gasteiger partial charge in [-0.25, -0.2) is 9.59 Å². The molecule has 2 unspecified atom stereocenters. The van der Waals surface area contributed by atoms with E-state index in [4.69, 9.17) is 76.3 Å². The van der Waals surface area contributed by atoms with Gasteiger partial charge in [0, 0.05) is 53.7 Å². The third-order valence-electron chi connectivity index (χ3n) is 12.8. The predicted octanol–water partition coefficient (Wildman–Crippen LogP) is 7.35. The summed E-state index contributed by atoms with van der Waals surface area (Å²) in [6.07, 6.45) is 8.51. The number of non-ortho nitro benzene ring substituents is 1. The van der Waals surface area contributed by atoms with Crippen LogP contribution >= 0.6 is 23.2 Å². The molecule has 4 saturated heterocycles. The summed E-state index contributed by atoms with van der Waals surface area (Å²) < 4.78 is 61.8. The minimum atomic E-state index is -0.879. The molecule has 3 N–H and O–H groups in total. The lowest BCUT2D eigenvalue weighted by atomic mass is 9.68. The van der Waals surface area contributed by atoms with Crippen LogP contribution < -0.4 is 15.8 Å². The molecule has 0 radical (unpaired) electrons. The second kappa shape index (κ2) is 25.6. The molecule has 4 heterocycles. The average Bonchev–Trinajstić information content (AvgIpc) is 4.17. The summed E-state index contributed by atoms with van der Waals surface area (Å²) in [5.74, 6) is 0.973. The van der Waals surface area contributed by atoms with Gasteiger partial charge in [-0.3, -0.25) is 10.1 Å².